The molecule has 0 aromatic heterocycles. The van der Waals surface area contributed by atoms with Gasteiger partial charge in [0.1, 0.15) is 18.0 Å². The van der Waals surface area contributed by atoms with E-state index in [0.717, 1.165) is 12.8 Å². The number of hydrogen-bond donors (Lipinski definition) is 2. The monoisotopic (exact) mass is 333 g/mol. The summed E-state index contributed by atoms with van der Waals surface area (Å²) in [4.78, 5) is 14.8. The van der Waals surface area contributed by atoms with E-state index >= 15 is 0 Å². The molecule has 4 unspecified atom stereocenters. The molecule has 130 valence electrons. The van der Waals surface area contributed by atoms with Crippen LogP contribution in [-0.4, -0.2) is 42.6 Å². The van der Waals surface area contributed by atoms with Gasteiger partial charge < -0.3 is 9.64 Å². The van der Waals surface area contributed by atoms with Crippen molar-refractivity contribution in [3.05, 3.63) is 35.6 Å². The van der Waals surface area contributed by atoms with Gasteiger partial charge in [0.15, 0.2) is 0 Å². The van der Waals surface area contributed by atoms with Gasteiger partial charge in [-0.15, -0.1) is 0 Å². The molecule has 1 amide bonds. The first-order chi connectivity index (χ1) is 11.7. The van der Waals surface area contributed by atoms with E-state index < -0.39 is 0 Å². The Kier molecular flexibility index (Phi) is 4.52. The number of carbonyl (C=O) groups excluding carboxylic acids is 1. The molecule has 2 heterocycles. The summed E-state index contributed by atoms with van der Waals surface area (Å²) in [6.45, 7) is 1.42. The standard InChI is InChI=1S/C18H24FN3O2/c19-14-7-3-1-5-12(14)16-11-22(9-10-24-16)18(23)17-13-6-2-4-8-15(13)20-21-17/h1,3,5,7,13,15-17,20-21H,2,4,6,8-11H2. The summed E-state index contributed by atoms with van der Waals surface area (Å²) in [6.07, 6.45) is 4.24. The number of nitrogens with one attached hydrogen (secondary N) is 2. The highest BCUT2D eigenvalue weighted by Crippen LogP contribution is 2.32. The number of halogens is 1. The van der Waals surface area contributed by atoms with Crippen molar-refractivity contribution in [2.45, 2.75) is 43.9 Å². The number of ether oxygens (including phenoxy) is 1. The van der Waals surface area contributed by atoms with Crippen LogP contribution >= 0.6 is 0 Å². The zero-order chi connectivity index (χ0) is 16.5. The average molecular weight is 333 g/mol. The van der Waals surface area contributed by atoms with Crippen molar-refractivity contribution in [3.63, 3.8) is 0 Å². The molecule has 1 aromatic rings. The highest BCUT2D eigenvalue weighted by atomic mass is 19.1. The summed E-state index contributed by atoms with van der Waals surface area (Å²) in [7, 11) is 0. The lowest BCUT2D eigenvalue weighted by atomic mass is 9.81. The highest BCUT2D eigenvalue weighted by Gasteiger charge is 2.43. The Labute approximate surface area is 141 Å². The Bertz CT molecular complexity index is 612. The number of hydrogen-bond acceptors (Lipinski definition) is 4. The van der Waals surface area contributed by atoms with E-state index in [9.17, 15) is 9.18 Å². The molecule has 3 aliphatic rings. The van der Waals surface area contributed by atoms with Crippen LogP contribution in [0.1, 0.15) is 37.4 Å². The van der Waals surface area contributed by atoms with Crippen LogP contribution in [0.15, 0.2) is 24.3 Å². The van der Waals surface area contributed by atoms with Gasteiger partial charge in [0.05, 0.1) is 13.2 Å². The SMILES string of the molecule is O=C(C1NNC2CCCCC21)N1CCOC(c2ccccc2F)C1. The van der Waals surface area contributed by atoms with E-state index in [1.165, 1.54) is 18.9 Å². The summed E-state index contributed by atoms with van der Waals surface area (Å²) >= 11 is 0. The number of benzene rings is 1. The average Bonchev–Trinajstić information content (AvgIpc) is 3.06. The van der Waals surface area contributed by atoms with Crippen LogP contribution < -0.4 is 10.9 Å². The largest absolute Gasteiger partial charge is 0.370 e. The summed E-state index contributed by atoms with van der Waals surface area (Å²) < 4.78 is 19.7. The third kappa shape index (κ3) is 2.94. The van der Waals surface area contributed by atoms with Crippen molar-refractivity contribution in [2.75, 3.05) is 19.7 Å². The number of morpholine rings is 1. The lowest BCUT2D eigenvalue weighted by molar-refractivity contribution is -0.142. The molecule has 0 radical (unpaired) electrons. The van der Waals surface area contributed by atoms with Crippen LogP contribution in [0.2, 0.25) is 0 Å². The molecule has 5 nitrogen and oxygen atoms in total. The molecule has 1 saturated carbocycles. The Morgan fingerprint density at radius 1 is 1.21 bits per heavy atom. The van der Waals surface area contributed by atoms with E-state index in [-0.39, 0.29) is 23.9 Å². The van der Waals surface area contributed by atoms with Gasteiger partial charge in [-0.2, -0.15) is 0 Å². The third-order valence-electron chi connectivity index (χ3n) is 5.57. The predicted molar refractivity (Wildman–Crippen MR) is 87.5 cm³/mol. The van der Waals surface area contributed by atoms with Gasteiger partial charge in [-0.05, 0) is 18.9 Å². The maximum Gasteiger partial charge on any atom is 0.241 e. The Morgan fingerprint density at radius 3 is 2.92 bits per heavy atom. The minimum absolute atomic E-state index is 0.113. The van der Waals surface area contributed by atoms with Crippen LogP contribution in [0, 0.1) is 11.7 Å². The van der Waals surface area contributed by atoms with Gasteiger partial charge in [-0.1, -0.05) is 31.0 Å². The molecule has 6 heteroatoms. The molecule has 24 heavy (non-hydrogen) atoms. The first kappa shape index (κ1) is 16.0. The molecule has 2 N–H and O–H groups in total. The second kappa shape index (κ2) is 6.78. The minimum atomic E-state index is -0.389. The van der Waals surface area contributed by atoms with Crippen molar-refractivity contribution >= 4 is 5.91 Å². The van der Waals surface area contributed by atoms with Crippen LogP contribution in [0.3, 0.4) is 0 Å². The quantitative estimate of drug-likeness (QED) is 0.866. The smallest absolute Gasteiger partial charge is 0.241 e. The van der Waals surface area contributed by atoms with Crippen molar-refractivity contribution in [1.82, 2.24) is 15.8 Å². The molecule has 1 aromatic carbocycles. The topological polar surface area (TPSA) is 53.6 Å². The molecule has 0 bridgehead atoms. The molecular weight excluding hydrogens is 309 g/mol. The lowest BCUT2D eigenvalue weighted by Crippen LogP contribution is -2.52. The summed E-state index contributed by atoms with van der Waals surface area (Å²) in [6, 6.07) is 6.87. The molecule has 2 saturated heterocycles. The van der Waals surface area contributed by atoms with Gasteiger partial charge in [0, 0.05) is 24.1 Å². The predicted octanol–water partition coefficient (Wildman–Crippen LogP) is 1.76. The van der Waals surface area contributed by atoms with Gasteiger partial charge in [-0.25, -0.2) is 9.82 Å². The van der Waals surface area contributed by atoms with E-state index in [4.69, 9.17) is 4.74 Å². The lowest BCUT2D eigenvalue weighted by Gasteiger charge is -2.36. The molecule has 0 spiro atoms. The molecule has 4 atom stereocenters. The maximum absolute atomic E-state index is 14.0. The number of fused-ring (bicyclic) bond motifs is 1. The number of rotatable bonds is 2. The zero-order valence-corrected chi connectivity index (χ0v) is 13.7. The first-order valence-electron chi connectivity index (χ1n) is 8.90. The summed E-state index contributed by atoms with van der Waals surface area (Å²) in [5.41, 5.74) is 7.03. The van der Waals surface area contributed by atoms with E-state index in [1.54, 1.807) is 18.2 Å². The molecule has 1 aliphatic carbocycles. The van der Waals surface area contributed by atoms with Gasteiger partial charge in [0.2, 0.25) is 5.91 Å². The number of carbonyl (C=O) groups is 1. The van der Waals surface area contributed by atoms with Gasteiger partial charge >= 0.3 is 0 Å². The first-order valence-corrected chi connectivity index (χ1v) is 8.90. The Morgan fingerprint density at radius 2 is 2.04 bits per heavy atom. The summed E-state index contributed by atoms with van der Waals surface area (Å²) in [5.74, 6) is 0.201. The molecule has 4 rings (SSSR count). The maximum atomic E-state index is 14.0. The van der Waals surface area contributed by atoms with Crippen LogP contribution in [0.25, 0.3) is 0 Å². The minimum Gasteiger partial charge on any atom is -0.370 e. The fourth-order valence-corrected chi connectivity index (χ4v) is 4.26. The van der Waals surface area contributed by atoms with Crippen LogP contribution in [0.5, 0.6) is 0 Å². The Hall–Kier alpha value is -1.50. The normalized spacial score (nSPS) is 33.3. The number of nitrogens with zero attached hydrogens (tertiary/aromatic N) is 1. The molecule has 3 fully saturated rings. The summed E-state index contributed by atoms with van der Waals surface area (Å²) in [5, 5.41) is 0. The highest BCUT2D eigenvalue weighted by molar-refractivity contribution is 5.82. The number of amides is 1. The fraction of sp³-hybridized carbons (Fsp3) is 0.611. The van der Waals surface area contributed by atoms with Crippen molar-refractivity contribution in [2.24, 2.45) is 5.92 Å². The second-order valence-electron chi connectivity index (χ2n) is 6.99. The van der Waals surface area contributed by atoms with E-state index in [0.29, 0.717) is 37.2 Å². The molecule has 2 aliphatic heterocycles. The Balaban J connectivity index is 1.46. The van der Waals surface area contributed by atoms with Gasteiger partial charge in [0.25, 0.3) is 0 Å². The van der Waals surface area contributed by atoms with Crippen molar-refractivity contribution in [1.29, 1.82) is 0 Å². The van der Waals surface area contributed by atoms with E-state index in [1.807, 2.05) is 4.90 Å². The van der Waals surface area contributed by atoms with Crippen LogP contribution in [-0.2, 0) is 9.53 Å². The fourth-order valence-electron chi connectivity index (χ4n) is 4.26. The molecular formula is C18H24FN3O2. The number of hydrazine groups is 1. The van der Waals surface area contributed by atoms with Crippen molar-refractivity contribution in [3.8, 4) is 0 Å². The van der Waals surface area contributed by atoms with E-state index in [2.05, 4.69) is 10.9 Å². The van der Waals surface area contributed by atoms with Gasteiger partial charge in [-0.3, -0.25) is 10.2 Å². The third-order valence-corrected chi connectivity index (χ3v) is 5.57. The second-order valence-corrected chi connectivity index (χ2v) is 6.99. The zero-order valence-electron chi connectivity index (χ0n) is 13.7. The van der Waals surface area contributed by atoms with Crippen molar-refractivity contribution < 1.29 is 13.9 Å². The van der Waals surface area contributed by atoms with Crippen LogP contribution in [0.4, 0.5) is 4.39 Å².